The summed E-state index contributed by atoms with van der Waals surface area (Å²) in [5, 5.41) is 0. The van der Waals surface area contributed by atoms with E-state index in [-0.39, 0.29) is 5.41 Å². The topological polar surface area (TPSA) is 18.5 Å². The van der Waals surface area contributed by atoms with Gasteiger partial charge in [0.2, 0.25) is 5.79 Å². The van der Waals surface area contributed by atoms with Crippen LogP contribution in [-0.4, -0.2) is 12.4 Å². The van der Waals surface area contributed by atoms with Crippen molar-refractivity contribution in [3.8, 4) is 0 Å². The zero-order chi connectivity index (χ0) is 13.2. The van der Waals surface area contributed by atoms with Crippen molar-refractivity contribution in [1.29, 1.82) is 0 Å². The minimum absolute atomic E-state index is 0.155. The first-order chi connectivity index (χ1) is 8.43. The second-order valence-corrected chi connectivity index (χ2v) is 5.59. The van der Waals surface area contributed by atoms with Crippen LogP contribution >= 0.6 is 0 Å². The van der Waals surface area contributed by atoms with E-state index in [9.17, 15) is 0 Å². The third kappa shape index (κ3) is 2.49. The summed E-state index contributed by atoms with van der Waals surface area (Å²) in [7, 11) is 0. The van der Waals surface area contributed by atoms with Crippen molar-refractivity contribution in [3.05, 3.63) is 54.3 Å². The molecule has 2 nitrogen and oxygen atoms in total. The quantitative estimate of drug-likeness (QED) is 0.782. The fourth-order valence-electron chi connectivity index (χ4n) is 1.93. The predicted molar refractivity (Wildman–Crippen MR) is 73.8 cm³/mol. The van der Waals surface area contributed by atoms with Crippen LogP contribution in [0.25, 0.3) is 6.08 Å². The Kier molecular flexibility index (Phi) is 3.31. The summed E-state index contributed by atoms with van der Waals surface area (Å²) in [4.78, 5) is 0. The lowest BCUT2D eigenvalue weighted by atomic mass is 9.84. The maximum atomic E-state index is 5.83. The number of benzene rings is 1. The van der Waals surface area contributed by atoms with Gasteiger partial charge in [0, 0.05) is 5.41 Å². The SMILES string of the molecule is C=C1COC(/C=C/c2ccccc2)(C(C)(C)C)O1. The molecule has 2 heteroatoms. The molecular formula is C16H20O2. The van der Waals surface area contributed by atoms with Crippen LogP contribution in [0.1, 0.15) is 26.3 Å². The van der Waals surface area contributed by atoms with E-state index in [0.29, 0.717) is 12.4 Å². The van der Waals surface area contributed by atoms with Crippen LogP contribution in [0, 0.1) is 5.41 Å². The summed E-state index contributed by atoms with van der Waals surface area (Å²) in [6.45, 7) is 10.6. The number of rotatable bonds is 2. The molecule has 1 aromatic carbocycles. The fraction of sp³-hybridized carbons (Fsp3) is 0.375. The van der Waals surface area contributed by atoms with Crippen molar-refractivity contribution in [2.75, 3.05) is 6.61 Å². The van der Waals surface area contributed by atoms with Crippen LogP contribution in [-0.2, 0) is 9.47 Å². The molecule has 1 aliphatic rings. The van der Waals surface area contributed by atoms with Crippen molar-refractivity contribution in [3.63, 3.8) is 0 Å². The summed E-state index contributed by atoms with van der Waals surface area (Å²) in [6, 6.07) is 10.1. The molecule has 0 aromatic heterocycles. The Hall–Kier alpha value is -1.54. The standard InChI is InChI=1S/C16H20O2/c1-13-12-17-16(18-13,15(2,3)4)11-10-14-8-6-5-7-9-14/h5-11H,1,12H2,2-4H3/b11-10+. The van der Waals surface area contributed by atoms with Crippen LogP contribution in [0.15, 0.2) is 48.7 Å². The van der Waals surface area contributed by atoms with Gasteiger partial charge in [0.15, 0.2) is 0 Å². The highest BCUT2D eigenvalue weighted by Crippen LogP contribution is 2.42. The van der Waals surface area contributed by atoms with Crippen molar-refractivity contribution < 1.29 is 9.47 Å². The summed E-state index contributed by atoms with van der Waals surface area (Å²) in [6.07, 6.45) is 4.02. The molecular weight excluding hydrogens is 224 g/mol. The summed E-state index contributed by atoms with van der Waals surface area (Å²) in [5.74, 6) is -0.0393. The molecule has 0 amide bonds. The highest BCUT2D eigenvalue weighted by atomic mass is 16.7. The first-order valence-corrected chi connectivity index (χ1v) is 6.18. The number of hydrogen-bond donors (Lipinski definition) is 0. The van der Waals surface area contributed by atoms with Gasteiger partial charge < -0.3 is 9.47 Å². The van der Waals surface area contributed by atoms with Crippen LogP contribution < -0.4 is 0 Å². The van der Waals surface area contributed by atoms with E-state index >= 15 is 0 Å². The van der Waals surface area contributed by atoms with Gasteiger partial charge in [0.05, 0.1) is 0 Å². The first-order valence-electron chi connectivity index (χ1n) is 6.18. The second-order valence-electron chi connectivity index (χ2n) is 5.59. The molecule has 0 bridgehead atoms. The lowest BCUT2D eigenvalue weighted by Gasteiger charge is -2.36. The van der Waals surface area contributed by atoms with Gasteiger partial charge in [0.1, 0.15) is 12.4 Å². The molecule has 0 saturated carbocycles. The average Bonchev–Trinajstić information content (AvgIpc) is 2.71. The van der Waals surface area contributed by atoms with Crippen LogP contribution in [0.5, 0.6) is 0 Å². The monoisotopic (exact) mass is 244 g/mol. The van der Waals surface area contributed by atoms with E-state index in [1.165, 1.54) is 0 Å². The molecule has 1 aromatic rings. The molecule has 1 saturated heterocycles. The Bertz CT molecular complexity index is 454. The first kappa shape index (κ1) is 12.9. The summed E-state index contributed by atoms with van der Waals surface area (Å²) < 4.78 is 11.7. The highest BCUT2D eigenvalue weighted by Gasteiger charge is 2.47. The average molecular weight is 244 g/mol. The number of hydrogen-bond acceptors (Lipinski definition) is 2. The molecule has 1 aliphatic heterocycles. The Balaban J connectivity index is 2.27. The van der Waals surface area contributed by atoms with Crippen LogP contribution in [0.2, 0.25) is 0 Å². The van der Waals surface area contributed by atoms with Crippen molar-refractivity contribution in [1.82, 2.24) is 0 Å². The smallest absolute Gasteiger partial charge is 0.235 e. The highest BCUT2D eigenvalue weighted by molar-refractivity contribution is 5.50. The van der Waals surface area contributed by atoms with E-state index in [1.54, 1.807) is 0 Å². The molecule has 1 fully saturated rings. The lowest BCUT2D eigenvalue weighted by Crippen LogP contribution is -2.41. The minimum Gasteiger partial charge on any atom is -0.461 e. The predicted octanol–water partition coefficient (Wildman–Crippen LogP) is 4.00. The second kappa shape index (κ2) is 4.62. The Morgan fingerprint density at radius 2 is 1.89 bits per heavy atom. The summed E-state index contributed by atoms with van der Waals surface area (Å²) in [5.41, 5.74) is 0.975. The van der Waals surface area contributed by atoms with Gasteiger partial charge in [-0.05, 0) is 11.6 Å². The molecule has 0 radical (unpaired) electrons. The largest absolute Gasteiger partial charge is 0.461 e. The van der Waals surface area contributed by atoms with Crippen molar-refractivity contribution >= 4 is 6.08 Å². The molecule has 0 N–H and O–H groups in total. The van der Waals surface area contributed by atoms with Gasteiger partial charge in [-0.1, -0.05) is 63.8 Å². The Labute approximate surface area is 109 Å². The van der Waals surface area contributed by atoms with Gasteiger partial charge in [-0.3, -0.25) is 0 Å². The Morgan fingerprint density at radius 1 is 1.22 bits per heavy atom. The van der Waals surface area contributed by atoms with E-state index in [1.807, 2.05) is 30.4 Å². The zero-order valence-electron chi connectivity index (χ0n) is 11.3. The molecule has 18 heavy (non-hydrogen) atoms. The maximum Gasteiger partial charge on any atom is 0.235 e. The van der Waals surface area contributed by atoms with Gasteiger partial charge >= 0.3 is 0 Å². The molecule has 1 atom stereocenters. The third-order valence-electron chi connectivity index (χ3n) is 3.08. The van der Waals surface area contributed by atoms with Gasteiger partial charge in [-0.2, -0.15) is 0 Å². The maximum absolute atomic E-state index is 5.83. The fourth-order valence-corrected chi connectivity index (χ4v) is 1.93. The normalized spacial score (nSPS) is 24.5. The van der Waals surface area contributed by atoms with E-state index < -0.39 is 5.79 Å². The molecule has 0 aliphatic carbocycles. The lowest BCUT2D eigenvalue weighted by molar-refractivity contribution is -0.176. The van der Waals surface area contributed by atoms with Crippen molar-refractivity contribution in [2.24, 2.45) is 5.41 Å². The van der Waals surface area contributed by atoms with Crippen molar-refractivity contribution in [2.45, 2.75) is 26.6 Å². The van der Waals surface area contributed by atoms with Crippen LogP contribution in [0.3, 0.4) is 0 Å². The molecule has 96 valence electrons. The molecule has 1 unspecified atom stereocenters. The number of ether oxygens (including phenoxy) is 2. The molecule has 2 rings (SSSR count). The Morgan fingerprint density at radius 3 is 2.39 bits per heavy atom. The van der Waals surface area contributed by atoms with Gasteiger partial charge in [-0.25, -0.2) is 0 Å². The van der Waals surface area contributed by atoms with Crippen LogP contribution in [0.4, 0.5) is 0 Å². The molecule has 1 heterocycles. The van der Waals surface area contributed by atoms with Gasteiger partial charge in [-0.15, -0.1) is 0 Å². The summed E-state index contributed by atoms with van der Waals surface area (Å²) >= 11 is 0. The van der Waals surface area contributed by atoms with E-state index in [2.05, 4.69) is 39.5 Å². The molecule has 0 spiro atoms. The third-order valence-corrected chi connectivity index (χ3v) is 3.08. The van der Waals surface area contributed by atoms with E-state index in [4.69, 9.17) is 9.47 Å². The van der Waals surface area contributed by atoms with Gasteiger partial charge in [0.25, 0.3) is 0 Å². The minimum atomic E-state index is -0.722. The zero-order valence-corrected chi connectivity index (χ0v) is 11.3. The van der Waals surface area contributed by atoms with E-state index in [0.717, 1.165) is 5.56 Å².